The van der Waals surface area contributed by atoms with E-state index in [2.05, 4.69) is 39.8 Å². The normalized spacial score (nSPS) is 21.6. The van der Waals surface area contributed by atoms with Gasteiger partial charge in [0.15, 0.2) is 5.96 Å². The molecule has 0 spiro atoms. The summed E-state index contributed by atoms with van der Waals surface area (Å²) < 4.78 is 0. The van der Waals surface area contributed by atoms with Gasteiger partial charge in [-0.15, -0.1) is 35.3 Å². The summed E-state index contributed by atoms with van der Waals surface area (Å²) in [6.45, 7) is 5.39. The quantitative estimate of drug-likeness (QED) is 0.297. The number of hydrogen-bond acceptors (Lipinski definition) is 3. The van der Waals surface area contributed by atoms with Gasteiger partial charge in [0.25, 0.3) is 0 Å². The predicted octanol–water partition coefficient (Wildman–Crippen LogP) is 4.14. The molecule has 0 aromatic carbocycles. The number of nitrogens with one attached hydrogen (secondary N) is 2. The van der Waals surface area contributed by atoms with Gasteiger partial charge < -0.3 is 10.6 Å². The van der Waals surface area contributed by atoms with Gasteiger partial charge in [-0.05, 0) is 57.8 Å². The van der Waals surface area contributed by atoms with Gasteiger partial charge in [-0.3, -0.25) is 4.99 Å². The second kappa shape index (κ2) is 11.2. The molecule has 132 valence electrons. The summed E-state index contributed by atoms with van der Waals surface area (Å²) in [6.07, 6.45) is 8.63. The van der Waals surface area contributed by atoms with E-state index in [1.165, 1.54) is 37.1 Å². The molecule has 6 heteroatoms. The molecule has 0 amide bonds. The monoisotopic (exact) mass is 450 g/mol. The summed E-state index contributed by atoms with van der Waals surface area (Å²) in [5, 5.41) is 10.4. The van der Waals surface area contributed by atoms with Crippen LogP contribution in [0, 0.1) is 12.8 Å². The van der Waals surface area contributed by atoms with Crippen LogP contribution in [-0.4, -0.2) is 30.6 Å². The molecule has 2 rings (SSSR count). The Morgan fingerprint density at radius 2 is 2.04 bits per heavy atom. The first-order valence-electron chi connectivity index (χ1n) is 8.55. The predicted molar refractivity (Wildman–Crippen MR) is 111 cm³/mol. The summed E-state index contributed by atoms with van der Waals surface area (Å²) in [6, 6.07) is 0.598. The molecule has 1 aromatic rings. The Morgan fingerprint density at radius 1 is 1.30 bits per heavy atom. The first-order valence-corrected chi connectivity index (χ1v) is 9.43. The highest BCUT2D eigenvalue weighted by Crippen LogP contribution is 2.23. The van der Waals surface area contributed by atoms with Gasteiger partial charge in [0.1, 0.15) is 0 Å². The Bertz CT molecular complexity index is 467. The van der Waals surface area contributed by atoms with Gasteiger partial charge in [-0.2, -0.15) is 0 Å². The number of thiazole rings is 1. The lowest BCUT2D eigenvalue weighted by molar-refractivity contribution is 0.329. The number of aryl methyl sites for hydroxylation is 2. The topological polar surface area (TPSA) is 49.3 Å². The van der Waals surface area contributed by atoms with Crippen molar-refractivity contribution < 1.29 is 0 Å². The van der Waals surface area contributed by atoms with Crippen LogP contribution >= 0.6 is 35.3 Å². The van der Waals surface area contributed by atoms with Gasteiger partial charge in [-0.25, -0.2) is 4.98 Å². The molecule has 0 saturated heterocycles. The Hall–Kier alpha value is -0.370. The van der Waals surface area contributed by atoms with Gasteiger partial charge in [-0.1, -0.05) is 6.92 Å². The fourth-order valence-electron chi connectivity index (χ4n) is 2.92. The summed E-state index contributed by atoms with van der Waals surface area (Å²) in [5.41, 5.74) is 1.14. The van der Waals surface area contributed by atoms with Crippen LogP contribution < -0.4 is 10.6 Å². The molecule has 1 saturated carbocycles. The van der Waals surface area contributed by atoms with Crippen LogP contribution in [0.4, 0.5) is 0 Å². The molecule has 23 heavy (non-hydrogen) atoms. The molecule has 1 aromatic heterocycles. The number of nitrogens with zero attached hydrogens (tertiary/aromatic N) is 2. The molecular weight excluding hydrogens is 419 g/mol. The fourth-order valence-corrected chi connectivity index (χ4v) is 3.74. The van der Waals surface area contributed by atoms with Crippen molar-refractivity contribution in [3.8, 4) is 0 Å². The van der Waals surface area contributed by atoms with Crippen molar-refractivity contribution in [1.29, 1.82) is 0 Å². The minimum Gasteiger partial charge on any atom is -0.356 e. The second-order valence-electron chi connectivity index (χ2n) is 6.44. The highest BCUT2D eigenvalue weighted by atomic mass is 127. The lowest BCUT2D eigenvalue weighted by atomic mass is 9.87. The van der Waals surface area contributed by atoms with E-state index in [1.54, 1.807) is 11.3 Å². The highest BCUT2D eigenvalue weighted by Gasteiger charge is 2.18. The number of aromatic nitrogens is 1. The third kappa shape index (κ3) is 7.83. The fraction of sp³-hybridized carbons (Fsp3) is 0.765. The van der Waals surface area contributed by atoms with E-state index in [0.717, 1.165) is 37.0 Å². The van der Waals surface area contributed by atoms with Crippen LogP contribution in [0.1, 0.15) is 56.2 Å². The summed E-state index contributed by atoms with van der Waals surface area (Å²) in [7, 11) is 1.86. The summed E-state index contributed by atoms with van der Waals surface area (Å²) >= 11 is 1.77. The van der Waals surface area contributed by atoms with Gasteiger partial charge in [0, 0.05) is 30.7 Å². The van der Waals surface area contributed by atoms with Gasteiger partial charge in [0.05, 0.1) is 5.01 Å². The first kappa shape index (κ1) is 20.7. The van der Waals surface area contributed by atoms with Crippen molar-refractivity contribution >= 4 is 41.3 Å². The summed E-state index contributed by atoms with van der Waals surface area (Å²) in [4.78, 5) is 8.85. The lowest BCUT2D eigenvalue weighted by Crippen LogP contribution is -2.45. The Balaban J connectivity index is 0.00000264. The summed E-state index contributed by atoms with van der Waals surface area (Å²) in [5.74, 6) is 1.85. The zero-order chi connectivity index (χ0) is 15.8. The van der Waals surface area contributed by atoms with Gasteiger partial charge in [0.2, 0.25) is 0 Å². The van der Waals surface area contributed by atoms with E-state index >= 15 is 0 Å². The van der Waals surface area contributed by atoms with Crippen LogP contribution in [0.25, 0.3) is 0 Å². The van der Waals surface area contributed by atoms with Crippen molar-refractivity contribution in [2.24, 2.45) is 10.9 Å². The smallest absolute Gasteiger partial charge is 0.191 e. The molecule has 2 N–H and O–H groups in total. The maximum Gasteiger partial charge on any atom is 0.191 e. The van der Waals surface area contributed by atoms with Crippen LogP contribution in [0.2, 0.25) is 0 Å². The maximum absolute atomic E-state index is 4.51. The van der Waals surface area contributed by atoms with Crippen molar-refractivity contribution in [3.05, 3.63) is 16.1 Å². The van der Waals surface area contributed by atoms with E-state index in [9.17, 15) is 0 Å². The third-order valence-electron chi connectivity index (χ3n) is 4.36. The molecule has 0 atom stereocenters. The van der Waals surface area contributed by atoms with Crippen LogP contribution in [0.15, 0.2) is 10.4 Å². The van der Waals surface area contributed by atoms with Crippen molar-refractivity contribution in [2.45, 2.75) is 64.8 Å². The Kier molecular flexibility index (Phi) is 10.1. The molecule has 0 bridgehead atoms. The average Bonchev–Trinajstić information content (AvgIpc) is 2.93. The third-order valence-corrected chi connectivity index (χ3v) is 5.38. The SMILES string of the molecule is CN=C(NCCCCc1nc(C)cs1)NC1CCC(C)CC1.I. The molecule has 0 aliphatic heterocycles. The number of guanidine groups is 1. The zero-order valence-electron chi connectivity index (χ0n) is 14.6. The van der Waals surface area contributed by atoms with E-state index in [0.29, 0.717) is 6.04 Å². The van der Waals surface area contributed by atoms with E-state index in [-0.39, 0.29) is 24.0 Å². The standard InChI is InChI=1S/C17H30N4S.HI/c1-13-7-9-15(10-8-13)21-17(18-3)19-11-5-4-6-16-20-14(2)12-22-16;/h12-13,15H,4-11H2,1-3H3,(H2,18,19,21);1H. The number of hydrogen-bond donors (Lipinski definition) is 2. The van der Waals surface area contributed by atoms with Gasteiger partial charge >= 0.3 is 0 Å². The lowest BCUT2D eigenvalue weighted by Gasteiger charge is -2.28. The van der Waals surface area contributed by atoms with Crippen LogP contribution in [0.5, 0.6) is 0 Å². The van der Waals surface area contributed by atoms with Crippen molar-refractivity contribution in [1.82, 2.24) is 15.6 Å². The Morgan fingerprint density at radius 3 is 2.65 bits per heavy atom. The minimum atomic E-state index is 0. The molecule has 1 heterocycles. The molecule has 0 unspecified atom stereocenters. The minimum absolute atomic E-state index is 0. The van der Waals surface area contributed by atoms with E-state index in [4.69, 9.17) is 0 Å². The van der Waals surface area contributed by atoms with E-state index < -0.39 is 0 Å². The van der Waals surface area contributed by atoms with Crippen molar-refractivity contribution in [3.63, 3.8) is 0 Å². The number of aliphatic imine (C=N–C) groups is 1. The largest absolute Gasteiger partial charge is 0.356 e. The second-order valence-corrected chi connectivity index (χ2v) is 7.38. The first-order chi connectivity index (χ1) is 10.7. The number of rotatable bonds is 6. The van der Waals surface area contributed by atoms with Crippen LogP contribution in [-0.2, 0) is 6.42 Å². The molecule has 4 nitrogen and oxygen atoms in total. The number of unbranched alkanes of at least 4 members (excludes halogenated alkanes) is 1. The average molecular weight is 450 g/mol. The maximum atomic E-state index is 4.51. The zero-order valence-corrected chi connectivity index (χ0v) is 17.7. The molecule has 1 aliphatic carbocycles. The Labute approximate surface area is 162 Å². The molecule has 0 radical (unpaired) electrons. The molecular formula is C17H31IN4S. The number of halogens is 1. The molecule has 1 fully saturated rings. The highest BCUT2D eigenvalue weighted by molar-refractivity contribution is 14.0. The van der Waals surface area contributed by atoms with Crippen molar-refractivity contribution in [2.75, 3.05) is 13.6 Å². The van der Waals surface area contributed by atoms with Crippen LogP contribution in [0.3, 0.4) is 0 Å². The molecule has 1 aliphatic rings. The van der Waals surface area contributed by atoms with E-state index in [1.807, 2.05) is 7.05 Å².